The van der Waals surface area contributed by atoms with Crippen LogP contribution in [0.2, 0.25) is 0 Å². The van der Waals surface area contributed by atoms with Gasteiger partial charge in [-0.2, -0.15) is 0 Å². The molecular weight excluding hydrogens is 487 g/mol. The zero-order valence-electron chi connectivity index (χ0n) is 10.2. The van der Waals surface area contributed by atoms with Gasteiger partial charge >= 0.3 is 134 Å². The molecule has 0 N–H and O–H groups in total. The molecule has 0 aliphatic carbocycles. The number of carbonyl (C=O) groups excluding carboxylic acids is 2. The van der Waals surface area contributed by atoms with Crippen molar-refractivity contribution >= 4 is 47.5 Å². The summed E-state index contributed by atoms with van der Waals surface area (Å²) in [6.07, 6.45) is 1.57. The van der Waals surface area contributed by atoms with E-state index in [0.29, 0.717) is 22.6 Å². The second-order valence-electron chi connectivity index (χ2n) is 3.61. The molecule has 6 heteroatoms. The van der Waals surface area contributed by atoms with Crippen LogP contribution in [0.25, 0.3) is 0 Å². The van der Waals surface area contributed by atoms with E-state index >= 15 is 0 Å². The van der Waals surface area contributed by atoms with E-state index in [-0.39, 0.29) is 0 Å². The average molecular weight is 497 g/mol. The molecule has 4 nitrogen and oxygen atoms in total. The average Bonchev–Trinajstić information content (AvgIpc) is 2.52. The van der Waals surface area contributed by atoms with Gasteiger partial charge in [-0.3, -0.25) is 0 Å². The van der Waals surface area contributed by atoms with Crippen molar-refractivity contribution in [1.29, 1.82) is 0 Å². The number of hydrogen-bond acceptors (Lipinski definition) is 4. The van der Waals surface area contributed by atoms with E-state index in [1.807, 2.05) is 12.1 Å². The first kappa shape index (κ1) is 15.3. The Hall–Kier alpha value is -1.04. The fraction of sp³-hybridized carbons (Fsp3) is 0. The Balaban J connectivity index is 1.87. The van der Waals surface area contributed by atoms with Gasteiger partial charge in [0.05, 0.1) is 0 Å². The number of aldehydes is 2. The van der Waals surface area contributed by atoms with Gasteiger partial charge in [0.2, 0.25) is 0 Å². The third kappa shape index (κ3) is 4.23. The van der Waals surface area contributed by atoms with Crippen LogP contribution in [0.15, 0.2) is 48.5 Å². The van der Waals surface area contributed by atoms with Crippen molar-refractivity contribution in [3.8, 4) is 11.5 Å². The molecule has 20 heavy (non-hydrogen) atoms. The summed E-state index contributed by atoms with van der Waals surface area (Å²) >= 11 is -1.54. The number of hydrogen-bond donors (Lipinski definition) is 0. The summed E-state index contributed by atoms with van der Waals surface area (Å²) in [6.45, 7) is 0. The molecule has 0 atom stereocenters. The second kappa shape index (κ2) is 8.29. The Morgan fingerprint density at radius 2 is 1.10 bits per heavy atom. The minimum absolute atomic E-state index is 0.554. The first-order valence-electron chi connectivity index (χ1n) is 5.61. The van der Waals surface area contributed by atoms with Gasteiger partial charge in [-0.25, -0.2) is 0 Å². The molecule has 102 valence electrons. The van der Waals surface area contributed by atoms with Gasteiger partial charge in [0, 0.05) is 0 Å². The van der Waals surface area contributed by atoms with Crippen LogP contribution in [0.3, 0.4) is 0 Å². The van der Waals surface area contributed by atoms with Crippen molar-refractivity contribution < 1.29 is 15.8 Å². The number of benzene rings is 2. The van der Waals surface area contributed by atoms with Crippen LogP contribution in [-0.4, -0.2) is 47.5 Å². The zero-order chi connectivity index (χ0) is 14.2. The topological polar surface area (TPSA) is 52.6 Å². The fourth-order valence-electron chi connectivity index (χ4n) is 1.41. The molecular formula is C14H10O4Te2. The maximum absolute atomic E-state index is 10.8. The summed E-state index contributed by atoms with van der Waals surface area (Å²) in [4.78, 5) is 21.7. The number of para-hydroxylation sites is 2. The normalized spacial score (nSPS) is 9.80. The van der Waals surface area contributed by atoms with Crippen LogP contribution in [0.5, 0.6) is 11.5 Å². The first-order valence-corrected chi connectivity index (χ1v) is 14.8. The Morgan fingerprint density at radius 3 is 1.50 bits per heavy atom. The molecule has 0 unspecified atom stereocenters. The molecule has 0 aliphatic rings. The van der Waals surface area contributed by atoms with Crippen LogP contribution < -0.4 is 6.20 Å². The summed E-state index contributed by atoms with van der Waals surface area (Å²) < 4.78 is 11.3. The summed E-state index contributed by atoms with van der Waals surface area (Å²) in [7, 11) is 0. The van der Waals surface area contributed by atoms with Gasteiger partial charge in [0.1, 0.15) is 0 Å². The SMILES string of the molecule is O=Cc1ccccc1O[Te][Te]Oc1ccccc1C=O. The van der Waals surface area contributed by atoms with E-state index in [9.17, 15) is 9.59 Å². The summed E-state index contributed by atoms with van der Waals surface area (Å²) in [5.41, 5.74) is 1.11. The molecule has 0 saturated heterocycles. The van der Waals surface area contributed by atoms with Crippen molar-refractivity contribution in [1.82, 2.24) is 0 Å². The van der Waals surface area contributed by atoms with Crippen LogP contribution in [0.4, 0.5) is 0 Å². The van der Waals surface area contributed by atoms with Gasteiger partial charge in [-0.05, 0) is 0 Å². The molecule has 0 bridgehead atoms. The van der Waals surface area contributed by atoms with E-state index in [2.05, 4.69) is 0 Å². The standard InChI is InChI=1S/C14H10O4Te2/c15-9-11-5-1-3-7-13(11)17-19-20-18-14-8-4-2-6-12(14)10-16/h1-10H. The molecule has 0 radical (unpaired) electrons. The molecule has 0 aliphatic heterocycles. The molecule has 0 heterocycles. The predicted octanol–water partition coefficient (Wildman–Crippen LogP) is 1.92. The maximum atomic E-state index is 10.8. The molecule has 2 aromatic carbocycles. The third-order valence-electron chi connectivity index (χ3n) is 2.37. The Morgan fingerprint density at radius 1 is 0.700 bits per heavy atom. The molecule has 2 aromatic rings. The number of carbonyl (C=O) groups is 2. The van der Waals surface area contributed by atoms with Gasteiger partial charge < -0.3 is 0 Å². The van der Waals surface area contributed by atoms with Crippen molar-refractivity contribution in [2.24, 2.45) is 0 Å². The van der Waals surface area contributed by atoms with Crippen molar-refractivity contribution in [3.05, 3.63) is 59.7 Å². The second-order valence-corrected chi connectivity index (χ2v) is 10.6. The quantitative estimate of drug-likeness (QED) is 0.333. The van der Waals surface area contributed by atoms with E-state index in [0.717, 1.165) is 12.6 Å². The molecule has 0 spiro atoms. The monoisotopic (exact) mass is 502 g/mol. The van der Waals surface area contributed by atoms with Crippen LogP contribution in [0.1, 0.15) is 20.7 Å². The van der Waals surface area contributed by atoms with Crippen molar-refractivity contribution in [2.75, 3.05) is 0 Å². The molecule has 0 aromatic heterocycles. The molecule has 0 amide bonds. The van der Waals surface area contributed by atoms with Gasteiger partial charge in [-0.1, -0.05) is 0 Å². The van der Waals surface area contributed by atoms with E-state index in [1.165, 1.54) is 0 Å². The predicted molar refractivity (Wildman–Crippen MR) is 76.4 cm³/mol. The summed E-state index contributed by atoms with van der Waals surface area (Å²) in [6, 6.07) is 14.3. The summed E-state index contributed by atoms with van der Waals surface area (Å²) in [5, 5.41) is 0. The van der Waals surface area contributed by atoms with Crippen LogP contribution in [-0.2, 0) is 0 Å². The Kier molecular flexibility index (Phi) is 6.36. The Labute approximate surface area is 133 Å². The molecule has 2 rings (SSSR count). The van der Waals surface area contributed by atoms with Crippen molar-refractivity contribution in [3.63, 3.8) is 0 Å². The third-order valence-corrected chi connectivity index (χ3v) is 7.61. The number of rotatable bonds is 7. The zero-order valence-corrected chi connectivity index (χ0v) is 14.9. The fourth-order valence-corrected chi connectivity index (χ4v) is 6.72. The van der Waals surface area contributed by atoms with Gasteiger partial charge in [-0.15, -0.1) is 0 Å². The van der Waals surface area contributed by atoms with Crippen molar-refractivity contribution in [2.45, 2.75) is 0 Å². The van der Waals surface area contributed by atoms with E-state index in [4.69, 9.17) is 6.20 Å². The van der Waals surface area contributed by atoms with E-state index in [1.54, 1.807) is 36.4 Å². The Bertz CT molecular complexity index is 548. The van der Waals surface area contributed by atoms with Crippen LogP contribution in [0, 0.1) is 0 Å². The molecule has 0 fully saturated rings. The van der Waals surface area contributed by atoms with E-state index < -0.39 is 34.9 Å². The summed E-state index contributed by atoms with van der Waals surface area (Å²) in [5.74, 6) is 1.23. The minimum atomic E-state index is -0.771. The van der Waals surface area contributed by atoms with Crippen LogP contribution >= 0.6 is 0 Å². The van der Waals surface area contributed by atoms with Gasteiger partial charge in [0.25, 0.3) is 0 Å². The van der Waals surface area contributed by atoms with Gasteiger partial charge in [0.15, 0.2) is 0 Å². The molecule has 0 saturated carbocycles. The first-order chi connectivity index (χ1) is 9.85.